The lowest BCUT2D eigenvalue weighted by atomic mass is 10.1. The van der Waals surface area contributed by atoms with Crippen LogP contribution in [-0.2, 0) is 26.2 Å². The zero-order valence-electron chi connectivity index (χ0n) is 23.4. The quantitative estimate of drug-likeness (QED) is 0.291. The van der Waals surface area contributed by atoms with Gasteiger partial charge in [0.15, 0.2) is 0 Å². The molecule has 3 aromatic carbocycles. The number of aryl methyl sites for hydroxylation is 2. The highest BCUT2D eigenvalue weighted by Gasteiger charge is 2.34. The number of amides is 2. The highest BCUT2D eigenvalue weighted by Crippen LogP contribution is 2.30. The summed E-state index contributed by atoms with van der Waals surface area (Å²) in [6.07, 6.45) is 3.90. The first-order chi connectivity index (χ1) is 19.5. The van der Waals surface area contributed by atoms with E-state index in [1.165, 1.54) is 17.0 Å². The standard InChI is InChI=1S/C31H35Cl2N3O4S/c1-21-12-15-27(16-13-21)41(39,40)36(29-17-14-25(32)18-22(29)2)20-30(37)35(19-24-8-4-7-11-28(24)33)23(3)31(38)34-26-9-5-6-10-26/h4,7-8,11-18,23,26H,5-6,9-10,19-20H2,1-3H3,(H,34,38). The molecule has 4 rings (SSSR count). The molecule has 0 aromatic heterocycles. The Morgan fingerprint density at radius 1 is 0.976 bits per heavy atom. The summed E-state index contributed by atoms with van der Waals surface area (Å²) in [5.41, 5.74) is 2.47. The van der Waals surface area contributed by atoms with Crippen LogP contribution in [0.5, 0.6) is 0 Å². The van der Waals surface area contributed by atoms with Crippen LogP contribution in [0.2, 0.25) is 10.0 Å². The zero-order valence-corrected chi connectivity index (χ0v) is 25.8. The molecule has 1 saturated carbocycles. The van der Waals surface area contributed by atoms with Gasteiger partial charge in [0.05, 0.1) is 10.6 Å². The number of nitrogens with zero attached hydrogens (tertiary/aromatic N) is 2. The van der Waals surface area contributed by atoms with Crippen molar-refractivity contribution in [3.05, 3.63) is 93.5 Å². The number of benzene rings is 3. The van der Waals surface area contributed by atoms with E-state index in [4.69, 9.17) is 23.2 Å². The fourth-order valence-corrected chi connectivity index (χ4v) is 6.94. The third-order valence-electron chi connectivity index (χ3n) is 7.48. The van der Waals surface area contributed by atoms with Gasteiger partial charge in [-0.3, -0.25) is 13.9 Å². The van der Waals surface area contributed by atoms with E-state index in [9.17, 15) is 18.0 Å². The van der Waals surface area contributed by atoms with Gasteiger partial charge in [0.25, 0.3) is 10.0 Å². The van der Waals surface area contributed by atoms with Crippen LogP contribution >= 0.6 is 23.2 Å². The Balaban J connectivity index is 1.72. The van der Waals surface area contributed by atoms with Crippen molar-refractivity contribution in [3.63, 3.8) is 0 Å². The maximum Gasteiger partial charge on any atom is 0.264 e. The molecular formula is C31H35Cl2N3O4S. The SMILES string of the molecule is Cc1ccc(S(=O)(=O)N(CC(=O)N(Cc2ccccc2Cl)C(C)C(=O)NC2CCCC2)c2ccc(Cl)cc2C)cc1. The summed E-state index contributed by atoms with van der Waals surface area (Å²) in [6.45, 7) is 4.78. The minimum absolute atomic E-state index is 0.0375. The summed E-state index contributed by atoms with van der Waals surface area (Å²) >= 11 is 12.6. The van der Waals surface area contributed by atoms with Gasteiger partial charge in [-0.15, -0.1) is 0 Å². The van der Waals surface area contributed by atoms with Gasteiger partial charge in [0.2, 0.25) is 11.8 Å². The Kier molecular flexibility index (Phi) is 10.00. The molecule has 1 aliphatic carbocycles. The Labute approximate surface area is 252 Å². The number of anilines is 1. The number of nitrogens with one attached hydrogen (secondary N) is 1. The highest BCUT2D eigenvalue weighted by molar-refractivity contribution is 7.92. The van der Waals surface area contributed by atoms with Crippen LogP contribution in [0.25, 0.3) is 0 Å². The van der Waals surface area contributed by atoms with E-state index in [0.717, 1.165) is 35.6 Å². The predicted molar refractivity (Wildman–Crippen MR) is 164 cm³/mol. The van der Waals surface area contributed by atoms with Crippen LogP contribution in [0.3, 0.4) is 0 Å². The molecule has 1 N–H and O–H groups in total. The van der Waals surface area contributed by atoms with E-state index in [1.54, 1.807) is 68.4 Å². The second-order valence-corrected chi connectivity index (χ2v) is 13.2. The van der Waals surface area contributed by atoms with Crippen LogP contribution in [0.1, 0.15) is 49.3 Å². The molecule has 7 nitrogen and oxygen atoms in total. The fourth-order valence-electron chi connectivity index (χ4n) is 5.03. The van der Waals surface area contributed by atoms with Crippen molar-refractivity contribution in [3.8, 4) is 0 Å². The second-order valence-electron chi connectivity index (χ2n) is 10.5. The van der Waals surface area contributed by atoms with Gasteiger partial charge >= 0.3 is 0 Å². The molecule has 3 aromatic rings. The van der Waals surface area contributed by atoms with Gasteiger partial charge in [-0.05, 0) is 81.1 Å². The van der Waals surface area contributed by atoms with Crippen LogP contribution in [0.15, 0.2) is 71.6 Å². The Hall–Kier alpha value is -3.07. The van der Waals surface area contributed by atoms with E-state index in [2.05, 4.69) is 5.32 Å². The summed E-state index contributed by atoms with van der Waals surface area (Å²) in [5, 5.41) is 3.96. The average molecular weight is 617 g/mol. The molecule has 41 heavy (non-hydrogen) atoms. The molecule has 0 aliphatic heterocycles. The number of sulfonamides is 1. The summed E-state index contributed by atoms with van der Waals surface area (Å²) < 4.78 is 29.1. The van der Waals surface area contributed by atoms with Crippen molar-refractivity contribution in [2.24, 2.45) is 0 Å². The number of hydrogen-bond donors (Lipinski definition) is 1. The molecule has 0 saturated heterocycles. The van der Waals surface area contributed by atoms with Gasteiger partial charge < -0.3 is 10.2 Å². The molecule has 1 atom stereocenters. The monoisotopic (exact) mass is 615 g/mol. The van der Waals surface area contributed by atoms with Gasteiger partial charge in [-0.25, -0.2) is 8.42 Å². The second kappa shape index (κ2) is 13.3. The number of carbonyl (C=O) groups is 2. The molecule has 0 bridgehead atoms. The molecule has 218 valence electrons. The van der Waals surface area contributed by atoms with E-state index >= 15 is 0 Å². The predicted octanol–water partition coefficient (Wildman–Crippen LogP) is 6.28. The zero-order chi connectivity index (χ0) is 29.7. The Morgan fingerprint density at radius 3 is 2.27 bits per heavy atom. The number of rotatable bonds is 10. The first-order valence-electron chi connectivity index (χ1n) is 13.7. The first kappa shape index (κ1) is 30.9. The minimum atomic E-state index is -4.16. The molecule has 10 heteroatoms. The van der Waals surface area contributed by atoms with E-state index < -0.39 is 28.5 Å². The minimum Gasteiger partial charge on any atom is -0.352 e. The number of carbonyl (C=O) groups excluding carboxylic acids is 2. The van der Waals surface area contributed by atoms with Crippen LogP contribution in [-0.4, -0.2) is 43.8 Å². The molecule has 2 amide bonds. The van der Waals surface area contributed by atoms with Crippen molar-refractivity contribution in [2.45, 2.75) is 70.0 Å². The summed E-state index contributed by atoms with van der Waals surface area (Å²) in [7, 11) is -4.16. The summed E-state index contributed by atoms with van der Waals surface area (Å²) in [4.78, 5) is 28.9. The average Bonchev–Trinajstić information content (AvgIpc) is 3.44. The normalized spacial score (nSPS) is 14.5. The highest BCUT2D eigenvalue weighted by atomic mass is 35.5. The van der Waals surface area contributed by atoms with E-state index in [0.29, 0.717) is 26.9 Å². The van der Waals surface area contributed by atoms with Gasteiger partial charge in [0, 0.05) is 22.6 Å². The molecule has 0 heterocycles. The first-order valence-corrected chi connectivity index (χ1v) is 15.9. The van der Waals surface area contributed by atoms with Crippen LogP contribution in [0, 0.1) is 13.8 Å². The number of halogens is 2. The van der Waals surface area contributed by atoms with E-state index in [-0.39, 0.29) is 23.4 Å². The van der Waals surface area contributed by atoms with Crippen LogP contribution < -0.4 is 9.62 Å². The third-order valence-corrected chi connectivity index (χ3v) is 9.86. The third kappa shape index (κ3) is 7.42. The van der Waals surface area contributed by atoms with Crippen molar-refractivity contribution in [1.29, 1.82) is 0 Å². The Morgan fingerprint density at radius 2 is 1.63 bits per heavy atom. The molecule has 0 spiro atoms. The van der Waals surface area contributed by atoms with Crippen molar-refractivity contribution in [1.82, 2.24) is 10.2 Å². The maximum atomic E-state index is 14.1. The van der Waals surface area contributed by atoms with Crippen molar-refractivity contribution >= 4 is 50.7 Å². The topological polar surface area (TPSA) is 86.8 Å². The Bertz CT molecular complexity index is 1510. The lowest BCUT2D eigenvalue weighted by Crippen LogP contribution is -2.52. The van der Waals surface area contributed by atoms with Gasteiger partial charge in [0.1, 0.15) is 12.6 Å². The molecule has 1 aliphatic rings. The van der Waals surface area contributed by atoms with Crippen molar-refractivity contribution < 1.29 is 18.0 Å². The lowest BCUT2D eigenvalue weighted by Gasteiger charge is -2.33. The largest absolute Gasteiger partial charge is 0.352 e. The van der Waals surface area contributed by atoms with Gasteiger partial charge in [-0.2, -0.15) is 0 Å². The molecule has 1 unspecified atom stereocenters. The molecular weight excluding hydrogens is 581 g/mol. The number of hydrogen-bond acceptors (Lipinski definition) is 4. The summed E-state index contributed by atoms with van der Waals surface area (Å²) in [6, 6.07) is 17.6. The van der Waals surface area contributed by atoms with E-state index in [1.807, 2.05) is 6.92 Å². The maximum absolute atomic E-state index is 14.1. The van der Waals surface area contributed by atoms with Crippen LogP contribution in [0.4, 0.5) is 5.69 Å². The fraction of sp³-hybridized carbons (Fsp3) is 0.355. The molecule has 1 fully saturated rings. The molecule has 0 radical (unpaired) electrons. The summed E-state index contributed by atoms with van der Waals surface area (Å²) in [5.74, 6) is -0.822. The van der Waals surface area contributed by atoms with Gasteiger partial charge in [-0.1, -0.05) is 71.9 Å². The lowest BCUT2D eigenvalue weighted by molar-refractivity contribution is -0.139. The smallest absolute Gasteiger partial charge is 0.264 e. The van der Waals surface area contributed by atoms with Crippen molar-refractivity contribution in [2.75, 3.05) is 10.8 Å².